The van der Waals surface area contributed by atoms with Crippen molar-refractivity contribution in [3.8, 4) is 11.3 Å². The number of nitrogens with zero attached hydrogens (tertiary/aromatic N) is 2. The number of rotatable bonds is 2. The third-order valence-electron chi connectivity index (χ3n) is 4.10. The molecule has 2 aromatic carbocycles. The van der Waals surface area contributed by atoms with Crippen LogP contribution >= 0.6 is 11.3 Å². The van der Waals surface area contributed by atoms with Crippen LogP contribution in [-0.2, 0) is 7.05 Å². The Morgan fingerprint density at radius 1 is 1.00 bits per heavy atom. The van der Waals surface area contributed by atoms with Gasteiger partial charge in [0.25, 0.3) is 5.91 Å². The summed E-state index contributed by atoms with van der Waals surface area (Å²) in [6.07, 6.45) is 0. The maximum atomic E-state index is 12.5. The van der Waals surface area contributed by atoms with Gasteiger partial charge < -0.3 is 4.57 Å². The van der Waals surface area contributed by atoms with Gasteiger partial charge in [-0.05, 0) is 38.0 Å². The van der Waals surface area contributed by atoms with E-state index in [0.29, 0.717) is 5.56 Å². The van der Waals surface area contributed by atoms with Crippen LogP contribution in [0.2, 0.25) is 0 Å². The van der Waals surface area contributed by atoms with Gasteiger partial charge >= 0.3 is 0 Å². The molecule has 3 aromatic rings. The van der Waals surface area contributed by atoms with Crippen molar-refractivity contribution in [3.05, 3.63) is 74.9 Å². The van der Waals surface area contributed by atoms with E-state index in [0.717, 1.165) is 26.5 Å². The van der Waals surface area contributed by atoms with E-state index in [-0.39, 0.29) is 5.91 Å². The van der Waals surface area contributed by atoms with Gasteiger partial charge in [0.05, 0.1) is 5.69 Å². The Morgan fingerprint density at radius 3 is 2.33 bits per heavy atom. The molecule has 0 unspecified atom stereocenters. The zero-order valence-electron chi connectivity index (χ0n) is 14.3. The molecule has 3 nitrogen and oxygen atoms in total. The quantitative estimate of drug-likeness (QED) is 0.682. The van der Waals surface area contributed by atoms with Crippen molar-refractivity contribution in [3.63, 3.8) is 0 Å². The van der Waals surface area contributed by atoms with E-state index in [4.69, 9.17) is 0 Å². The van der Waals surface area contributed by atoms with E-state index in [1.165, 1.54) is 5.56 Å². The Hall–Kier alpha value is -2.46. The van der Waals surface area contributed by atoms with Crippen LogP contribution < -0.4 is 4.80 Å². The Bertz CT molecular complexity index is 962. The molecule has 1 heterocycles. The summed E-state index contributed by atoms with van der Waals surface area (Å²) in [4.78, 5) is 18.7. The number of aryl methyl sites for hydroxylation is 3. The Balaban J connectivity index is 2.07. The maximum Gasteiger partial charge on any atom is 0.279 e. The molecule has 0 saturated heterocycles. The van der Waals surface area contributed by atoms with E-state index < -0.39 is 0 Å². The standard InChI is InChI=1S/C20H20N2OS/c1-13-9-11-16(12-10-13)18-15(3)24-20(22(18)4)21-19(23)17-8-6-5-7-14(17)2/h5-12H,1-4H3. The van der Waals surface area contributed by atoms with Gasteiger partial charge in [0.15, 0.2) is 4.80 Å². The molecule has 4 heteroatoms. The number of carbonyl (C=O) groups excluding carboxylic acids is 1. The highest BCUT2D eigenvalue weighted by Crippen LogP contribution is 2.24. The lowest BCUT2D eigenvalue weighted by Gasteiger charge is -2.05. The van der Waals surface area contributed by atoms with Crippen molar-refractivity contribution in [2.45, 2.75) is 20.8 Å². The van der Waals surface area contributed by atoms with Crippen molar-refractivity contribution >= 4 is 17.2 Å². The van der Waals surface area contributed by atoms with Crippen LogP contribution in [0.5, 0.6) is 0 Å². The molecule has 122 valence electrons. The van der Waals surface area contributed by atoms with Gasteiger partial charge in [-0.15, -0.1) is 11.3 Å². The molecule has 1 amide bonds. The summed E-state index contributed by atoms with van der Waals surface area (Å²) in [5.41, 5.74) is 5.08. The molecule has 0 saturated carbocycles. The van der Waals surface area contributed by atoms with Gasteiger partial charge in [0.1, 0.15) is 0 Å². The molecule has 0 atom stereocenters. The van der Waals surface area contributed by atoms with Crippen molar-refractivity contribution in [1.29, 1.82) is 0 Å². The van der Waals surface area contributed by atoms with Gasteiger partial charge in [-0.3, -0.25) is 4.79 Å². The Labute approximate surface area is 145 Å². The molecule has 0 fully saturated rings. The van der Waals surface area contributed by atoms with Gasteiger partial charge in [-0.2, -0.15) is 4.99 Å². The molecule has 0 aliphatic carbocycles. The van der Waals surface area contributed by atoms with E-state index in [9.17, 15) is 4.79 Å². The third kappa shape index (κ3) is 3.10. The highest BCUT2D eigenvalue weighted by Gasteiger charge is 2.12. The summed E-state index contributed by atoms with van der Waals surface area (Å²) in [5.74, 6) is -0.194. The normalized spacial score (nSPS) is 11.8. The fourth-order valence-corrected chi connectivity index (χ4v) is 3.73. The van der Waals surface area contributed by atoms with E-state index in [1.807, 2.05) is 42.8 Å². The first-order valence-electron chi connectivity index (χ1n) is 7.85. The second kappa shape index (κ2) is 6.57. The molecular weight excluding hydrogens is 316 g/mol. The van der Waals surface area contributed by atoms with Crippen LogP contribution in [0.25, 0.3) is 11.3 Å². The van der Waals surface area contributed by atoms with E-state index in [2.05, 4.69) is 43.1 Å². The summed E-state index contributed by atoms with van der Waals surface area (Å²) in [6.45, 7) is 6.07. The average molecular weight is 336 g/mol. The molecule has 24 heavy (non-hydrogen) atoms. The first-order valence-corrected chi connectivity index (χ1v) is 8.67. The molecule has 0 bridgehead atoms. The van der Waals surface area contributed by atoms with Gasteiger partial charge in [-0.25, -0.2) is 0 Å². The van der Waals surface area contributed by atoms with Crippen LogP contribution in [0.3, 0.4) is 0 Å². The fourth-order valence-electron chi connectivity index (χ4n) is 2.75. The third-order valence-corrected chi connectivity index (χ3v) is 5.15. The lowest BCUT2D eigenvalue weighted by Crippen LogP contribution is -2.14. The predicted octanol–water partition coefficient (Wildman–Crippen LogP) is 4.42. The Morgan fingerprint density at radius 2 is 1.67 bits per heavy atom. The molecule has 0 aliphatic rings. The summed E-state index contributed by atoms with van der Waals surface area (Å²) in [7, 11) is 1.96. The van der Waals surface area contributed by atoms with Crippen molar-refractivity contribution in [1.82, 2.24) is 4.57 Å². The van der Waals surface area contributed by atoms with E-state index >= 15 is 0 Å². The molecular formula is C20H20N2OS. The van der Waals surface area contributed by atoms with Crippen LogP contribution in [0.4, 0.5) is 0 Å². The number of hydrogen-bond acceptors (Lipinski definition) is 2. The maximum absolute atomic E-state index is 12.5. The molecule has 0 N–H and O–H groups in total. The summed E-state index contributed by atoms with van der Waals surface area (Å²) in [5, 5.41) is 0. The summed E-state index contributed by atoms with van der Waals surface area (Å²) < 4.78 is 2.00. The van der Waals surface area contributed by atoms with Crippen LogP contribution in [0.15, 0.2) is 53.5 Å². The molecule has 1 aromatic heterocycles. The fraction of sp³-hybridized carbons (Fsp3) is 0.200. The molecule has 3 rings (SSSR count). The van der Waals surface area contributed by atoms with Crippen LogP contribution in [0.1, 0.15) is 26.4 Å². The largest absolute Gasteiger partial charge is 0.319 e. The predicted molar refractivity (Wildman–Crippen MR) is 99.3 cm³/mol. The minimum Gasteiger partial charge on any atom is -0.319 e. The SMILES string of the molecule is Cc1ccc(-c2c(C)sc(=NC(=O)c3ccccc3C)n2C)cc1. The lowest BCUT2D eigenvalue weighted by atomic mass is 10.1. The first kappa shape index (κ1) is 16.4. The second-order valence-electron chi connectivity index (χ2n) is 5.95. The second-order valence-corrected chi connectivity index (χ2v) is 7.13. The topological polar surface area (TPSA) is 34.4 Å². The molecule has 0 spiro atoms. The van der Waals surface area contributed by atoms with Gasteiger partial charge in [-0.1, -0.05) is 48.0 Å². The summed E-state index contributed by atoms with van der Waals surface area (Å²) >= 11 is 1.54. The number of aromatic nitrogens is 1. The number of carbonyl (C=O) groups is 1. The first-order chi connectivity index (χ1) is 11.5. The van der Waals surface area contributed by atoms with Gasteiger partial charge in [0, 0.05) is 17.5 Å². The van der Waals surface area contributed by atoms with Crippen molar-refractivity contribution in [2.75, 3.05) is 0 Å². The number of thiazole rings is 1. The number of hydrogen-bond donors (Lipinski definition) is 0. The highest BCUT2D eigenvalue weighted by molar-refractivity contribution is 7.09. The minimum atomic E-state index is -0.194. The highest BCUT2D eigenvalue weighted by atomic mass is 32.1. The minimum absolute atomic E-state index is 0.194. The lowest BCUT2D eigenvalue weighted by molar-refractivity contribution is 0.0997. The summed E-state index contributed by atoms with van der Waals surface area (Å²) in [6, 6.07) is 16.0. The molecule has 0 radical (unpaired) electrons. The van der Waals surface area contributed by atoms with Crippen molar-refractivity contribution in [2.24, 2.45) is 12.0 Å². The average Bonchev–Trinajstić information content (AvgIpc) is 2.83. The van der Waals surface area contributed by atoms with Crippen LogP contribution in [0, 0.1) is 20.8 Å². The Kier molecular flexibility index (Phi) is 4.49. The molecule has 0 aliphatic heterocycles. The van der Waals surface area contributed by atoms with Crippen LogP contribution in [-0.4, -0.2) is 10.5 Å². The van der Waals surface area contributed by atoms with Gasteiger partial charge in [0.2, 0.25) is 0 Å². The number of benzene rings is 2. The van der Waals surface area contributed by atoms with Crippen molar-refractivity contribution < 1.29 is 4.79 Å². The zero-order valence-corrected chi connectivity index (χ0v) is 15.1. The monoisotopic (exact) mass is 336 g/mol. The number of amides is 1. The zero-order chi connectivity index (χ0) is 17.3. The van der Waals surface area contributed by atoms with E-state index in [1.54, 1.807) is 11.3 Å². The smallest absolute Gasteiger partial charge is 0.279 e.